The molecule has 1 aromatic heterocycles. The highest BCUT2D eigenvalue weighted by molar-refractivity contribution is 5.94. The summed E-state index contributed by atoms with van der Waals surface area (Å²) in [4.78, 5) is 41.4. The molecule has 3 aromatic rings. The van der Waals surface area contributed by atoms with Gasteiger partial charge in [-0.15, -0.1) is 0 Å². The van der Waals surface area contributed by atoms with Crippen LogP contribution in [0, 0.1) is 5.82 Å². The van der Waals surface area contributed by atoms with E-state index in [2.05, 4.69) is 10.3 Å². The van der Waals surface area contributed by atoms with Crippen LogP contribution in [0.3, 0.4) is 0 Å². The third-order valence-electron chi connectivity index (χ3n) is 4.71. The lowest BCUT2D eigenvalue weighted by molar-refractivity contribution is -0.115. The lowest BCUT2D eigenvalue weighted by atomic mass is 10.2. The maximum atomic E-state index is 13.5. The average Bonchev–Trinajstić information content (AvgIpc) is 2.74. The largest absolute Gasteiger partial charge is 0.383 e. The van der Waals surface area contributed by atoms with Gasteiger partial charge in [-0.3, -0.25) is 19.1 Å². The molecule has 1 amide bonds. The van der Waals surface area contributed by atoms with Crippen molar-refractivity contribution in [3.63, 3.8) is 0 Å². The molecule has 3 rings (SSSR count). The Morgan fingerprint density at radius 2 is 1.94 bits per heavy atom. The number of carbonyl (C=O) groups excluding carboxylic acids is 1. The number of halogens is 1. The Bertz CT molecular complexity index is 1190. The average molecular weight is 441 g/mol. The minimum absolute atomic E-state index is 0.0149. The van der Waals surface area contributed by atoms with Crippen LogP contribution in [0.15, 0.2) is 64.2 Å². The third-order valence-corrected chi connectivity index (χ3v) is 4.71. The van der Waals surface area contributed by atoms with Crippen LogP contribution in [-0.4, -0.2) is 35.7 Å². The van der Waals surface area contributed by atoms with E-state index in [1.807, 2.05) is 30.3 Å². The molecule has 0 saturated heterocycles. The van der Waals surface area contributed by atoms with E-state index in [1.165, 1.54) is 34.8 Å². The Labute approximate surface area is 183 Å². The summed E-state index contributed by atoms with van der Waals surface area (Å²) in [5.74, 6) is -1.06. The molecule has 0 aliphatic heterocycles. The lowest BCUT2D eigenvalue weighted by Gasteiger charge is -2.26. The highest BCUT2D eigenvalue weighted by Gasteiger charge is 2.21. The fourth-order valence-electron chi connectivity index (χ4n) is 3.25. The molecule has 0 fully saturated rings. The van der Waals surface area contributed by atoms with E-state index < -0.39 is 23.0 Å². The molecule has 0 saturated carbocycles. The van der Waals surface area contributed by atoms with Crippen molar-refractivity contribution in [3.05, 3.63) is 86.8 Å². The number of nitrogens with two attached hydrogens (primary N) is 1. The van der Waals surface area contributed by atoms with E-state index in [4.69, 9.17) is 10.5 Å². The normalized spacial score (nSPS) is 10.7. The van der Waals surface area contributed by atoms with Gasteiger partial charge in [0.15, 0.2) is 0 Å². The van der Waals surface area contributed by atoms with Crippen LogP contribution in [0.25, 0.3) is 0 Å². The number of nitrogens with one attached hydrogen (secondary N) is 2. The lowest BCUT2D eigenvalue weighted by Crippen LogP contribution is -2.41. The molecular formula is C22H24FN5O4. The van der Waals surface area contributed by atoms with Crippen LogP contribution < -0.4 is 27.2 Å². The molecular weight excluding hydrogens is 417 g/mol. The summed E-state index contributed by atoms with van der Waals surface area (Å²) in [6, 6.07) is 14.6. The number of nitrogens with zero attached hydrogens (tertiary/aromatic N) is 2. The molecule has 1 heterocycles. The minimum Gasteiger partial charge on any atom is -0.383 e. The van der Waals surface area contributed by atoms with E-state index in [0.717, 1.165) is 5.56 Å². The van der Waals surface area contributed by atoms with Gasteiger partial charge >= 0.3 is 5.69 Å². The van der Waals surface area contributed by atoms with Crippen LogP contribution in [0.5, 0.6) is 0 Å². The van der Waals surface area contributed by atoms with E-state index in [1.54, 1.807) is 6.07 Å². The number of hydrogen-bond acceptors (Lipinski definition) is 6. The number of nitrogen functional groups attached to an aromatic ring is 1. The number of H-pyrrole nitrogens is 1. The molecule has 0 radical (unpaired) electrons. The maximum absolute atomic E-state index is 13.5. The van der Waals surface area contributed by atoms with Gasteiger partial charge in [-0.1, -0.05) is 36.4 Å². The van der Waals surface area contributed by atoms with Crippen LogP contribution >= 0.6 is 0 Å². The number of aromatic amines is 1. The smallest absolute Gasteiger partial charge is 0.330 e. The number of benzene rings is 2. The van der Waals surface area contributed by atoms with Crippen molar-refractivity contribution >= 4 is 23.1 Å². The van der Waals surface area contributed by atoms with Crippen LogP contribution in [-0.2, 0) is 22.6 Å². The van der Waals surface area contributed by atoms with E-state index in [0.29, 0.717) is 0 Å². The summed E-state index contributed by atoms with van der Waals surface area (Å²) in [6.07, 6.45) is 0. The summed E-state index contributed by atoms with van der Waals surface area (Å²) >= 11 is 0. The summed E-state index contributed by atoms with van der Waals surface area (Å²) in [7, 11) is 1.48. The zero-order chi connectivity index (χ0) is 23.1. The van der Waals surface area contributed by atoms with Crippen molar-refractivity contribution in [2.75, 3.05) is 36.2 Å². The summed E-state index contributed by atoms with van der Waals surface area (Å²) in [5, 5.41) is 2.61. The first-order chi connectivity index (χ1) is 15.4. The quantitative estimate of drug-likeness (QED) is 0.463. The zero-order valence-electron chi connectivity index (χ0n) is 17.5. The molecule has 9 nitrogen and oxygen atoms in total. The van der Waals surface area contributed by atoms with Crippen LogP contribution in [0.2, 0.25) is 0 Å². The zero-order valence-corrected chi connectivity index (χ0v) is 17.5. The first kappa shape index (κ1) is 22.8. The Hall–Kier alpha value is -3.92. The Balaban J connectivity index is 1.96. The minimum atomic E-state index is -0.712. The predicted molar refractivity (Wildman–Crippen MR) is 120 cm³/mol. The third kappa shape index (κ3) is 5.61. The summed E-state index contributed by atoms with van der Waals surface area (Å²) in [5.41, 5.74) is 5.89. The number of hydrogen-bond donors (Lipinski definition) is 3. The van der Waals surface area contributed by atoms with E-state index in [9.17, 15) is 18.8 Å². The van der Waals surface area contributed by atoms with Gasteiger partial charge in [0.05, 0.1) is 19.7 Å². The molecule has 0 bridgehead atoms. The highest BCUT2D eigenvalue weighted by atomic mass is 19.1. The Morgan fingerprint density at radius 3 is 2.62 bits per heavy atom. The van der Waals surface area contributed by atoms with Crippen LogP contribution in [0.1, 0.15) is 5.56 Å². The number of rotatable bonds is 9. The second kappa shape index (κ2) is 10.4. The number of aromatic nitrogens is 2. The highest BCUT2D eigenvalue weighted by Crippen LogP contribution is 2.20. The number of carbonyl (C=O) groups is 1. The van der Waals surface area contributed by atoms with Crippen LogP contribution in [0.4, 0.5) is 21.6 Å². The summed E-state index contributed by atoms with van der Waals surface area (Å²) in [6.45, 7) is 0.238. The molecule has 4 N–H and O–H groups in total. The fraction of sp³-hybridized carbons (Fsp3) is 0.227. The van der Waals surface area contributed by atoms with Gasteiger partial charge in [-0.05, 0) is 23.8 Å². The van der Waals surface area contributed by atoms with E-state index in [-0.39, 0.29) is 43.4 Å². The number of ether oxygens (including phenoxy) is 1. The molecule has 168 valence electrons. The molecule has 0 aliphatic rings. The van der Waals surface area contributed by atoms with E-state index >= 15 is 0 Å². The maximum Gasteiger partial charge on any atom is 0.330 e. The van der Waals surface area contributed by atoms with Crippen molar-refractivity contribution in [2.45, 2.75) is 13.1 Å². The predicted octanol–water partition coefficient (Wildman–Crippen LogP) is 1.55. The van der Waals surface area contributed by atoms with Gasteiger partial charge in [-0.2, -0.15) is 0 Å². The molecule has 32 heavy (non-hydrogen) atoms. The molecule has 2 aromatic carbocycles. The topological polar surface area (TPSA) is 122 Å². The number of methoxy groups -OCH3 is 1. The fourth-order valence-corrected chi connectivity index (χ4v) is 3.25. The molecule has 0 atom stereocenters. The van der Waals surface area contributed by atoms with Gasteiger partial charge in [0.1, 0.15) is 17.3 Å². The number of amides is 1. The molecule has 10 heteroatoms. The van der Waals surface area contributed by atoms with Gasteiger partial charge in [0.25, 0.3) is 5.56 Å². The van der Waals surface area contributed by atoms with Gasteiger partial charge in [0.2, 0.25) is 5.91 Å². The van der Waals surface area contributed by atoms with Crippen molar-refractivity contribution in [1.29, 1.82) is 0 Å². The molecule has 0 spiro atoms. The second-order valence-corrected chi connectivity index (χ2v) is 7.04. The molecule has 0 aliphatic carbocycles. The monoisotopic (exact) mass is 441 g/mol. The van der Waals surface area contributed by atoms with Gasteiger partial charge < -0.3 is 20.7 Å². The van der Waals surface area contributed by atoms with Crippen molar-refractivity contribution < 1.29 is 13.9 Å². The summed E-state index contributed by atoms with van der Waals surface area (Å²) < 4.78 is 19.6. The SMILES string of the molecule is COCCn1c(N)c(N(CC(=O)Nc2cccc(F)c2)Cc2ccccc2)c(=O)[nH]c1=O. The first-order valence-corrected chi connectivity index (χ1v) is 9.85. The van der Waals surface area contributed by atoms with Crippen molar-refractivity contribution in [1.82, 2.24) is 9.55 Å². The Kier molecular flexibility index (Phi) is 7.40. The van der Waals surface area contributed by atoms with Crippen molar-refractivity contribution in [3.8, 4) is 0 Å². The first-order valence-electron chi connectivity index (χ1n) is 9.85. The standard InChI is InChI=1S/C22H24FN5O4/c1-32-11-10-28-20(24)19(21(30)26-22(28)31)27(13-15-6-3-2-4-7-15)14-18(29)25-17-9-5-8-16(23)12-17/h2-9,12H,10-11,13-14,24H2,1H3,(H,25,29)(H,26,30,31). The number of anilines is 3. The van der Waals surface area contributed by atoms with Crippen molar-refractivity contribution in [2.24, 2.45) is 0 Å². The van der Waals surface area contributed by atoms with Gasteiger partial charge in [-0.25, -0.2) is 9.18 Å². The van der Waals surface area contributed by atoms with Gasteiger partial charge in [0, 0.05) is 19.3 Å². The Morgan fingerprint density at radius 1 is 1.19 bits per heavy atom. The second-order valence-electron chi connectivity index (χ2n) is 7.04. The molecule has 0 unspecified atom stereocenters.